The number of anilines is 2. The molecule has 0 bridgehead atoms. The van der Waals surface area contributed by atoms with Gasteiger partial charge in [0.2, 0.25) is 11.9 Å². The van der Waals surface area contributed by atoms with Crippen molar-refractivity contribution in [3.8, 4) is 11.3 Å². The van der Waals surface area contributed by atoms with Gasteiger partial charge < -0.3 is 16.8 Å². The van der Waals surface area contributed by atoms with Gasteiger partial charge >= 0.3 is 0 Å². The maximum Gasteiger partial charge on any atom is 0.222 e. The van der Waals surface area contributed by atoms with Gasteiger partial charge in [0.25, 0.3) is 0 Å². The number of nitrogens with two attached hydrogens (primary N) is 2. The number of rotatable bonds is 5. The largest absolute Gasteiger partial charge is 0.368 e. The smallest absolute Gasteiger partial charge is 0.222 e. The van der Waals surface area contributed by atoms with Gasteiger partial charge in [0.15, 0.2) is 0 Å². The Morgan fingerprint density at radius 2 is 1.81 bits per heavy atom. The van der Waals surface area contributed by atoms with Crippen LogP contribution in [0.1, 0.15) is 55.7 Å². The summed E-state index contributed by atoms with van der Waals surface area (Å²) in [5.74, 6) is 2.09. The Morgan fingerprint density at radius 1 is 1.04 bits per heavy atom. The van der Waals surface area contributed by atoms with E-state index in [0.29, 0.717) is 29.8 Å². The fraction of sp³-hybridized carbons (Fsp3) is 0.579. The van der Waals surface area contributed by atoms with E-state index >= 15 is 0 Å². The maximum absolute atomic E-state index is 6.10. The molecular formula is C19H27N7. The molecule has 7 nitrogen and oxygen atoms in total. The van der Waals surface area contributed by atoms with Gasteiger partial charge in [-0.15, -0.1) is 0 Å². The van der Waals surface area contributed by atoms with E-state index in [2.05, 4.69) is 20.3 Å². The summed E-state index contributed by atoms with van der Waals surface area (Å²) >= 11 is 0. The van der Waals surface area contributed by atoms with Crippen molar-refractivity contribution in [3.63, 3.8) is 0 Å². The number of nitrogens with one attached hydrogen (secondary N) is 1. The zero-order valence-electron chi connectivity index (χ0n) is 15.3. The molecule has 0 radical (unpaired) electrons. The zero-order chi connectivity index (χ0) is 18.1. The number of nitrogens with zero attached hydrogens (tertiary/aromatic N) is 4. The Bertz CT molecular complexity index is 779. The summed E-state index contributed by atoms with van der Waals surface area (Å²) in [5, 5.41) is 3.05. The second-order valence-electron chi connectivity index (χ2n) is 7.60. The third kappa shape index (κ3) is 3.62. The fourth-order valence-electron chi connectivity index (χ4n) is 3.84. The monoisotopic (exact) mass is 353 g/mol. The molecule has 26 heavy (non-hydrogen) atoms. The highest BCUT2D eigenvalue weighted by Gasteiger charge is 2.28. The van der Waals surface area contributed by atoms with Crippen molar-refractivity contribution in [2.45, 2.75) is 56.9 Å². The van der Waals surface area contributed by atoms with Crippen molar-refractivity contribution in [1.29, 1.82) is 0 Å². The third-order valence-corrected chi connectivity index (χ3v) is 5.57. The van der Waals surface area contributed by atoms with Crippen LogP contribution in [0.15, 0.2) is 12.4 Å². The molecule has 0 amide bonds. The van der Waals surface area contributed by atoms with Gasteiger partial charge in [-0.3, -0.25) is 0 Å². The Morgan fingerprint density at radius 3 is 2.50 bits per heavy atom. The lowest BCUT2D eigenvalue weighted by molar-refractivity contribution is 0.395. The highest BCUT2D eigenvalue weighted by Crippen LogP contribution is 2.39. The number of nitrogen functional groups attached to an aromatic ring is 1. The first kappa shape index (κ1) is 17.1. The van der Waals surface area contributed by atoms with Crippen molar-refractivity contribution >= 4 is 11.9 Å². The van der Waals surface area contributed by atoms with E-state index in [1.165, 1.54) is 18.4 Å². The number of hydrogen-bond donors (Lipinski definition) is 3. The quantitative estimate of drug-likeness (QED) is 0.756. The van der Waals surface area contributed by atoms with Gasteiger partial charge in [0, 0.05) is 36.6 Å². The normalized spacial score (nSPS) is 23.0. The van der Waals surface area contributed by atoms with Crippen molar-refractivity contribution < 1.29 is 0 Å². The molecule has 2 aliphatic rings. The molecule has 2 heterocycles. The van der Waals surface area contributed by atoms with Crippen LogP contribution in [-0.2, 0) is 6.42 Å². The summed E-state index contributed by atoms with van der Waals surface area (Å²) < 4.78 is 0. The molecule has 2 saturated carbocycles. The van der Waals surface area contributed by atoms with Crippen LogP contribution in [0.5, 0.6) is 0 Å². The number of aromatic nitrogens is 4. The summed E-state index contributed by atoms with van der Waals surface area (Å²) in [7, 11) is 1.84. The molecule has 0 saturated heterocycles. The first-order valence-corrected chi connectivity index (χ1v) is 9.56. The van der Waals surface area contributed by atoms with Crippen molar-refractivity contribution in [1.82, 2.24) is 19.9 Å². The van der Waals surface area contributed by atoms with Gasteiger partial charge in [0.1, 0.15) is 0 Å². The predicted octanol–water partition coefficient (Wildman–Crippen LogP) is 2.49. The van der Waals surface area contributed by atoms with Crippen LogP contribution in [0.25, 0.3) is 11.3 Å². The summed E-state index contributed by atoms with van der Waals surface area (Å²) in [6.45, 7) is 0. The molecule has 2 aromatic heterocycles. The van der Waals surface area contributed by atoms with E-state index in [4.69, 9.17) is 16.5 Å². The van der Waals surface area contributed by atoms with Crippen LogP contribution in [0, 0.1) is 5.92 Å². The molecule has 2 aromatic rings. The predicted molar refractivity (Wildman–Crippen MR) is 103 cm³/mol. The molecular weight excluding hydrogens is 326 g/mol. The van der Waals surface area contributed by atoms with Gasteiger partial charge in [-0.2, -0.15) is 0 Å². The molecule has 0 atom stereocenters. The van der Waals surface area contributed by atoms with Crippen LogP contribution >= 0.6 is 0 Å². The molecule has 0 spiro atoms. The van der Waals surface area contributed by atoms with E-state index in [9.17, 15) is 0 Å². The highest BCUT2D eigenvalue weighted by molar-refractivity contribution is 5.67. The fourth-order valence-corrected chi connectivity index (χ4v) is 3.84. The van der Waals surface area contributed by atoms with E-state index < -0.39 is 0 Å². The van der Waals surface area contributed by atoms with E-state index in [1.807, 2.05) is 19.4 Å². The molecule has 0 aliphatic heterocycles. The van der Waals surface area contributed by atoms with Gasteiger partial charge in [0.05, 0.1) is 11.4 Å². The lowest BCUT2D eigenvalue weighted by atomic mass is 9.81. The Labute approximate surface area is 154 Å². The van der Waals surface area contributed by atoms with Crippen LogP contribution in [-0.4, -0.2) is 33.0 Å². The van der Waals surface area contributed by atoms with Gasteiger partial charge in [-0.1, -0.05) is 0 Å². The first-order chi connectivity index (χ1) is 12.6. The maximum atomic E-state index is 6.10. The minimum Gasteiger partial charge on any atom is -0.368 e. The molecule has 4 rings (SSSR count). The van der Waals surface area contributed by atoms with E-state index in [-0.39, 0.29) is 0 Å². The minimum absolute atomic E-state index is 0.317. The summed E-state index contributed by atoms with van der Waals surface area (Å²) in [6, 6.07) is 0.317. The Balaban J connectivity index is 1.77. The van der Waals surface area contributed by atoms with Crippen molar-refractivity contribution in [2.24, 2.45) is 11.7 Å². The van der Waals surface area contributed by atoms with Gasteiger partial charge in [-0.25, -0.2) is 19.9 Å². The van der Waals surface area contributed by atoms with Crippen molar-refractivity contribution in [2.75, 3.05) is 18.1 Å². The second-order valence-corrected chi connectivity index (χ2v) is 7.60. The number of hydrogen-bond acceptors (Lipinski definition) is 7. The molecule has 2 aliphatic carbocycles. The lowest BCUT2D eigenvalue weighted by Crippen LogP contribution is -2.26. The van der Waals surface area contributed by atoms with Crippen LogP contribution in [0.2, 0.25) is 0 Å². The lowest BCUT2D eigenvalue weighted by Gasteiger charge is -2.27. The first-order valence-electron chi connectivity index (χ1n) is 9.56. The Kier molecular flexibility index (Phi) is 4.72. The summed E-state index contributed by atoms with van der Waals surface area (Å²) in [4.78, 5) is 18.1. The highest BCUT2D eigenvalue weighted by atomic mass is 15.1. The van der Waals surface area contributed by atoms with Crippen LogP contribution < -0.4 is 16.8 Å². The standard InChI is InChI=1S/C19H27N7/c1-22-19-24-9-14(12-4-6-13(20)7-5-12)17(26-19)15-10-23-18(21)25-16(15)8-11-2-3-11/h9-13H,2-8,20H2,1H3,(H2,21,23,25)(H,22,24,26). The summed E-state index contributed by atoms with van der Waals surface area (Å²) in [5.41, 5.74) is 16.1. The minimum atomic E-state index is 0.317. The molecule has 0 unspecified atom stereocenters. The van der Waals surface area contributed by atoms with E-state index in [0.717, 1.165) is 49.1 Å². The molecule has 5 N–H and O–H groups in total. The molecule has 0 aromatic carbocycles. The zero-order valence-corrected chi connectivity index (χ0v) is 15.3. The topological polar surface area (TPSA) is 116 Å². The molecule has 7 heteroatoms. The summed E-state index contributed by atoms with van der Waals surface area (Å²) in [6.07, 6.45) is 11.5. The average Bonchev–Trinajstić information content (AvgIpc) is 3.46. The van der Waals surface area contributed by atoms with Gasteiger partial charge in [-0.05, 0) is 56.8 Å². The second kappa shape index (κ2) is 7.15. The van der Waals surface area contributed by atoms with Crippen LogP contribution in [0.4, 0.5) is 11.9 Å². The van der Waals surface area contributed by atoms with Crippen molar-refractivity contribution in [3.05, 3.63) is 23.7 Å². The molecule has 2 fully saturated rings. The SMILES string of the molecule is CNc1ncc(C2CCC(N)CC2)c(-c2cnc(N)nc2CC2CC2)n1. The van der Waals surface area contributed by atoms with Crippen LogP contribution in [0.3, 0.4) is 0 Å². The average molecular weight is 353 g/mol. The third-order valence-electron chi connectivity index (χ3n) is 5.57. The van der Waals surface area contributed by atoms with E-state index in [1.54, 1.807) is 0 Å². The Hall–Kier alpha value is -2.28. The molecule has 138 valence electrons.